The monoisotopic (exact) mass is 366 g/mol. The Balaban J connectivity index is 1.35. The number of aromatic amines is 1. The van der Waals surface area contributed by atoms with Gasteiger partial charge in [0, 0.05) is 42.7 Å². The van der Waals surface area contributed by atoms with E-state index in [4.69, 9.17) is 0 Å². The zero-order chi connectivity index (χ0) is 18.6. The first-order chi connectivity index (χ1) is 13.2. The van der Waals surface area contributed by atoms with Gasteiger partial charge in [-0.2, -0.15) is 5.10 Å². The lowest BCUT2D eigenvalue weighted by molar-refractivity contribution is -0.136. The molecule has 3 heterocycles. The lowest BCUT2D eigenvalue weighted by Gasteiger charge is -2.34. The molecule has 0 radical (unpaired) electrons. The van der Waals surface area contributed by atoms with E-state index in [0.29, 0.717) is 11.8 Å². The number of hydrogen-bond donors (Lipinski definition) is 1. The van der Waals surface area contributed by atoms with Gasteiger partial charge in [-0.05, 0) is 44.3 Å². The molecule has 1 atom stereocenters. The summed E-state index contributed by atoms with van der Waals surface area (Å²) in [7, 11) is 0. The van der Waals surface area contributed by atoms with E-state index >= 15 is 0 Å². The number of carbonyl (C=O) groups excluding carboxylic acids is 1. The number of nitrogens with one attached hydrogen (secondary N) is 1. The lowest BCUT2D eigenvalue weighted by Crippen LogP contribution is -2.43. The summed E-state index contributed by atoms with van der Waals surface area (Å²) < 4.78 is 0. The number of likely N-dealkylation sites (tertiary alicyclic amines) is 2. The molecule has 1 unspecified atom stereocenters. The van der Waals surface area contributed by atoms with E-state index in [1.165, 1.54) is 29.7 Å². The summed E-state index contributed by atoms with van der Waals surface area (Å²) in [6.45, 7) is 7.01. The fraction of sp³-hybridized carbons (Fsp3) is 0.545. The molecule has 1 amide bonds. The molecule has 0 bridgehead atoms. The third kappa shape index (κ3) is 4.08. The summed E-state index contributed by atoms with van der Waals surface area (Å²) in [6.07, 6.45) is 6.50. The topological polar surface area (TPSA) is 52.2 Å². The predicted octanol–water partition coefficient (Wildman–Crippen LogP) is 3.51. The zero-order valence-corrected chi connectivity index (χ0v) is 16.2. The molecule has 5 heteroatoms. The Morgan fingerprint density at radius 2 is 1.85 bits per heavy atom. The third-order valence-electron chi connectivity index (χ3n) is 6.12. The molecule has 1 aromatic heterocycles. The highest BCUT2D eigenvalue weighted by molar-refractivity contribution is 5.79. The fourth-order valence-electron chi connectivity index (χ4n) is 4.59. The van der Waals surface area contributed by atoms with Gasteiger partial charge in [0.2, 0.25) is 5.91 Å². The number of piperidine rings is 1. The van der Waals surface area contributed by atoms with Crippen molar-refractivity contribution in [2.24, 2.45) is 5.92 Å². The van der Waals surface area contributed by atoms with E-state index in [0.717, 1.165) is 45.6 Å². The molecular formula is C22H30N4O. The van der Waals surface area contributed by atoms with Crippen LogP contribution in [0.1, 0.15) is 44.2 Å². The van der Waals surface area contributed by atoms with Crippen molar-refractivity contribution in [2.75, 3.05) is 32.7 Å². The molecule has 0 spiro atoms. The highest BCUT2D eigenvalue weighted by Crippen LogP contribution is 2.34. The summed E-state index contributed by atoms with van der Waals surface area (Å²) >= 11 is 0. The van der Waals surface area contributed by atoms with Crippen molar-refractivity contribution in [2.45, 2.75) is 38.5 Å². The Morgan fingerprint density at radius 1 is 1.15 bits per heavy atom. The Labute approximate surface area is 161 Å². The van der Waals surface area contributed by atoms with Crippen LogP contribution in [0.4, 0.5) is 0 Å². The number of carbonyl (C=O) groups is 1. The van der Waals surface area contributed by atoms with E-state index in [1.54, 1.807) is 0 Å². The van der Waals surface area contributed by atoms with Gasteiger partial charge in [-0.3, -0.25) is 9.89 Å². The van der Waals surface area contributed by atoms with E-state index in [1.807, 2.05) is 12.3 Å². The van der Waals surface area contributed by atoms with Crippen LogP contribution in [0.15, 0.2) is 36.5 Å². The average molecular weight is 367 g/mol. The van der Waals surface area contributed by atoms with Crippen molar-refractivity contribution in [1.29, 1.82) is 0 Å². The van der Waals surface area contributed by atoms with Crippen LogP contribution in [0, 0.1) is 5.92 Å². The lowest BCUT2D eigenvalue weighted by atomic mass is 9.89. The summed E-state index contributed by atoms with van der Waals surface area (Å²) in [5.41, 5.74) is 3.63. The molecule has 27 heavy (non-hydrogen) atoms. The second kappa shape index (κ2) is 8.26. The zero-order valence-electron chi connectivity index (χ0n) is 16.2. The standard InChI is InChI=1S/C22H30N4O/c1-17(16-25-11-5-6-12-25)22(27)26-13-9-19(10-14-26)21-20(15-23-24-21)18-7-3-2-4-8-18/h2-4,7-8,15,17,19H,5-6,9-14,16H2,1H3,(H,23,24). The number of amides is 1. The normalized spacial score (nSPS) is 20.1. The Kier molecular flexibility index (Phi) is 5.58. The molecule has 2 aliphatic rings. The van der Waals surface area contributed by atoms with Crippen LogP contribution in [0.5, 0.6) is 0 Å². The number of H-pyrrole nitrogens is 1. The Bertz CT molecular complexity index is 743. The van der Waals surface area contributed by atoms with Crippen molar-refractivity contribution in [3.63, 3.8) is 0 Å². The number of rotatable bonds is 5. The summed E-state index contributed by atoms with van der Waals surface area (Å²) in [5, 5.41) is 7.53. The van der Waals surface area contributed by atoms with Crippen molar-refractivity contribution >= 4 is 5.91 Å². The molecular weight excluding hydrogens is 336 g/mol. The maximum atomic E-state index is 12.8. The van der Waals surface area contributed by atoms with Crippen molar-refractivity contribution in [1.82, 2.24) is 20.0 Å². The second-order valence-corrected chi connectivity index (χ2v) is 8.07. The quantitative estimate of drug-likeness (QED) is 0.881. The minimum Gasteiger partial charge on any atom is -0.342 e. The smallest absolute Gasteiger partial charge is 0.226 e. The Hall–Kier alpha value is -2.14. The first-order valence-electron chi connectivity index (χ1n) is 10.3. The third-order valence-corrected chi connectivity index (χ3v) is 6.12. The predicted molar refractivity (Wildman–Crippen MR) is 107 cm³/mol. The molecule has 2 aliphatic heterocycles. The number of benzene rings is 1. The first-order valence-corrected chi connectivity index (χ1v) is 10.3. The molecule has 4 rings (SSSR count). The van der Waals surface area contributed by atoms with Crippen LogP contribution in [-0.2, 0) is 4.79 Å². The maximum Gasteiger partial charge on any atom is 0.226 e. The molecule has 5 nitrogen and oxygen atoms in total. The van der Waals surface area contributed by atoms with Crippen LogP contribution < -0.4 is 0 Å². The van der Waals surface area contributed by atoms with Gasteiger partial charge in [0.05, 0.1) is 6.20 Å². The van der Waals surface area contributed by atoms with E-state index < -0.39 is 0 Å². The first kappa shape index (κ1) is 18.2. The van der Waals surface area contributed by atoms with Crippen molar-refractivity contribution in [3.05, 3.63) is 42.2 Å². The number of aromatic nitrogens is 2. The highest BCUT2D eigenvalue weighted by atomic mass is 16.2. The van der Waals surface area contributed by atoms with Crippen molar-refractivity contribution < 1.29 is 4.79 Å². The van der Waals surface area contributed by atoms with E-state index in [9.17, 15) is 4.79 Å². The summed E-state index contributed by atoms with van der Waals surface area (Å²) in [4.78, 5) is 17.4. The van der Waals surface area contributed by atoms with E-state index in [2.05, 4.69) is 51.2 Å². The maximum absolute atomic E-state index is 12.8. The van der Waals surface area contributed by atoms with Crippen molar-refractivity contribution in [3.8, 4) is 11.1 Å². The molecule has 144 valence electrons. The number of nitrogens with zero attached hydrogens (tertiary/aromatic N) is 3. The largest absolute Gasteiger partial charge is 0.342 e. The highest BCUT2D eigenvalue weighted by Gasteiger charge is 2.29. The second-order valence-electron chi connectivity index (χ2n) is 8.07. The van der Waals surface area contributed by atoms with Gasteiger partial charge >= 0.3 is 0 Å². The molecule has 2 aromatic rings. The molecule has 2 fully saturated rings. The number of hydrogen-bond acceptors (Lipinski definition) is 3. The molecule has 0 aliphatic carbocycles. The van der Waals surface area contributed by atoms with Gasteiger partial charge < -0.3 is 9.80 Å². The molecule has 2 saturated heterocycles. The average Bonchev–Trinajstić information content (AvgIpc) is 3.40. The van der Waals surface area contributed by atoms with Gasteiger partial charge in [0.25, 0.3) is 0 Å². The van der Waals surface area contributed by atoms with Gasteiger partial charge in [-0.1, -0.05) is 37.3 Å². The van der Waals surface area contributed by atoms with Gasteiger partial charge in [-0.15, -0.1) is 0 Å². The Morgan fingerprint density at radius 3 is 2.56 bits per heavy atom. The fourth-order valence-corrected chi connectivity index (χ4v) is 4.59. The minimum absolute atomic E-state index is 0.103. The van der Waals surface area contributed by atoms with Gasteiger partial charge in [0.1, 0.15) is 0 Å². The summed E-state index contributed by atoms with van der Waals surface area (Å²) in [6, 6.07) is 10.4. The molecule has 1 N–H and O–H groups in total. The van der Waals surface area contributed by atoms with Crippen LogP contribution in [0.25, 0.3) is 11.1 Å². The molecule has 1 aromatic carbocycles. The van der Waals surface area contributed by atoms with E-state index in [-0.39, 0.29) is 5.92 Å². The van der Waals surface area contributed by atoms with Crippen LogP contribution in [0.3, 0.4) is 0 Å². The minimum atomic E-state index is 0.103. The van der Waals surface area contributed by atoms with Crippen LogP contribution in [-0.4, -0.2) is 58.6 Å². The SMILES string of the molecule is CC(CN1CCCC1)C(=O)N1CCC(c2[nH]ncc2-c2ccccc2)CC1. The van der Waals surface area contributed by atoms with Crippen LogP contribution >= 0.6 is 0 Å². The summed E-state index contributed by atoms with van der Waals surface area (Å²) in [5.74, 6) is 0.876. The van der Waals surface area contributed by atoms with Gasteiger partial charge in [-0.25, -0.2) is 0 Å². The molecule has 0 saturated carbocycles. The van der Waals surface area contributed by atoms with Crippen LogP contribution in [0.2, 0.25) is 0 Å². The van der Waals surface area contributed by atoms with Gasteiger partial charge in [0.15, 0.2) is 0 Å².